The second kappa shape index (κ2) is 7.71. The third kappa shape index (κ3) is 4.01. The largest absolute Gasteiger partial charge is 0.497 e. The topological polar surface area (TPSA) is 96.1 Å². The van der Waals surface area contributed by atoms with Crippen LogP contribution in [0, 0.1) is 0 Å². The van der Waals surface area contributed by atoms with Crippen molar-refractivity contribution in [3.05, 3.63) is 70.9 Å². The van der Waals surface area contributed by atoms with Crippen LogP contribution >= 0.6 is 11.6 Å². The monoisotopic (exact) mass is 370 g/mol. The lowest BCUT2D eigenvalue weighted by molar-refractivity contribution is 0.0844. The molecular weight excluding hydrogens is 356 g/mol. The van der Waals surface area contributed by atoms with Crippen LogP contribution in [0.15, 0.2) is 54.6 Å². The van der Waals surface area contributed by atoms with Crippen LogP contribution in [0.25, 0.3) is 11.3 Å². The molecule has 3 rings (SSSR count). The van der Waals surface area contributed by atoms with Gasteiger partial charge in [0.15, 0.2) is 0 Å². The van der Waals surface area contributed by atoms with Crippen LogP contribution in [0.3, 0.4) is 0 Å². The molecule has 0 atom stereocenters. The molecule has 0 aliphatic carbocycles. The second-order valence-electron chi connectivity index (χ2n) is 5.31. The smallest absolute Gasteiger partial charge is 0.287 e. The molecule has 0 aliphatic rings. The highest BCUT2D eigenvalue weighted by molar-refractivity contribution is 6.30. The molecular formula is C18H15ClN4O3. The molecule has 8 heteroatoms. The van der Waals surface area contributed by atoms with Crippen molar-refractivity contribution in [2.75, 3.05) is 7.11 Å². The van der Waals surface area contributed by atoms with Gasteiger partial charge in [-0.25, -0.2) is 0 Å². The van der Waals surface area contributed by atoms with Crippen molar-refractivity contribution in [3.63, 3.8) is 0 Å². The van der Waals surface area contributed by atoms with Gasteiger partial charge in [-0.1, -0.05) is 17.7 Å². The Bertz CT molecular complexity index is 938. The summed E-state index contributed by atoms with van der Waals surface area (Å²) in [6.07, 6.45) is 0. The average molecular weight is 371 g/mol. The Morgan fingerprint density at radius 1 is 1.04 bits per heavy atom. The van der Waals surface area contributed by atoms with Crippen molar-refractivity contribution in [2.24, 2.45) is 0 Å². The summed E-state index contributed by atoms with van der Waals surface area (Å²) in [4.78, 5) is 24.1. The van der Waals surface area contributed by atoms with Crippen molar-refractivity contribution in [1.29, 1.82) is 0 Å². The van der Waals surface area contributed by atoms with Gasteiger partial charge in [-0.05, 0) is 48.5 Å². The Balaban J connectivity index is 1.63. The molecule has 1 heterocycles. The predicted octanol–water partition coefficient (Wildman–Crippen LogP) is 2.81. The first-order valence-electron chi connectivity index (χ1n) is 7.63. The van der Waals surface area contributed by atoms with Crippen LogP contribution in [-0.2, 0) is 0 Å². The van der Waals surface area contributed by atoms with Gasteiger partial charge in [-0.3, -0.25) is 25.5 Å². The molecule has 3 aromatic rings. The SMILES string of the molecule is COc1ccc(-c2cc(C(=O)NNC(=O)c3cccc(Cl)c3)[nH]n2)cc1. The lowest BCUT2D eigenvalue weighted by atomic mass is 10.1. The molecule has 0 spiro atoms. The van der Waals surface area contributed by atoms with Crippen LogP contribution in [0.5, 0.6) is 5.75 Å². The Kier molecular flexibility index (Phi) is 5.19. The van der Waals surface area contributed by atoms with E-state index >= 15 is 0 Å². The number of methoxy groups -OCH3 is 1. The van der Waals surface area contributed by atoms with E-state index < -0.39 is 11.8 Å². The lowest BCUT2D eigenvalue weighted by Crippen LogP contribution is -2.41. The summed E-state index contributed by atoms with van der Waals surface area (Å²) in [6, 6.07) is 15.2. The number of carbonyl (C=O) groups is 2. The van der Waals surface area contributed by atoms with Gasteiger partial charge in [0.05, 0.1) is 12.8 Å². The molecule has 0 saturated heterocycles. The summed E-state index contributed by atoms with van der Waals surface area (Å²) in [7, 11) is 1.59. The maximum Gasteiger partial charge on any atom is 0.287 e. The Hall–Kier alpha value is -3.32. The van der Waals surface area contributed by atoms with E-state index in [-0.39, 0.29) is 5.69 Å². The zero-order valence-corrected chi connectivity index (χ0v) is 14.5. The van der Waals surface area contributed by atoms with Gasteiger partial charge in [0.2, 0.25) is 0 Å². The summed E-state index contributed by atoms with van der Waals surface area (Å²) in [6.45, 7) is 0. The van der Waals surface area contributed by atoms with E-state index in [1.807, 2.05) is 12.1 Å². The van der Waals surface area contributed by atoms with Crippen LogP contribution in [0.2, 0.25) is 5.02 Å². The molecule has 0 aliphatic heterocycles. The molecule has 0 radical (unpaired) electrons. The number of amides is 2. The first kappa shape index (κ1) is 17.5. The number of carbonyl (C=O) groups excluding carboxylic acids is 2. The Morgan fingerprint density at radius 3 is 2.46 bits per heavy atom. The van der Waals surface area contributed by atoms with E-state index in [0.29, 0.717) is 16.3 Å². The van der Waals surface area contributed by atoms with E-state index in [9.17, 15) is 9.59 Å². The molecule has 2 amide bonds. The van der Waals surface area contributed by atoms with Gasteiger partial charge in [-0.2, -0.15) is 5.10 Å². The number of nitrogens with one attached hydrogen (secondary N) is 3. The number of nitrogens with zero attached hydrogens (tertiary/aromatic N) is 1. The molecule has 7 nitrogen and oxygen atoms in total. The van der Waals surface area contributed by atoms with Gasteiger partial charge in [0.25, 0.3) is 11.8 Å². The van der Waals surface area contributed by atoms with Crippen molar-refractivity contribution in [3.8, 4) is 17.0 Å². The number of hydrogen-bond donors (Lipinski definition) is 3. The average Bonchev–Trinajstić information content (AvgIpc) is 3.16. The summed E-state index contributed by atoms with van der Waals surface area (Å²) >= 11 is 5.84. The van der Waals surface area contributed by atoms with Crippen LogP contribution in [0.1, 0.15) is 20.8 Å². The predicted molar refractivity (Wildman–Crippen MR) is 97.0 cm³/mol. The number of hydrogen-bond acceptors (Lipinski definition) is 4. The number of halogens is 1. The summed E-state index contributed by atoms with van der Waals surface area (Å²) < 4.78 is 5.11. The molecule has 3 N–H and O–H groups in total. The van der Waals surface area contributed by atoms with Crippen molar-refractivity contribution in [2.45, 2.75) is 0 Å². The van der Waals surface area contributed by atoms with Gasteiger partial charge >= 0.3 is 0 Å². The number of aromatic nitrogens is 2. The quantitative estimate of drug-likeness (QED) is 0.615. The molecule has 26 heavy (non-hydrogen) atoms. The highest BCUT2D eigenvalue weighted by Crippen LogP contribution is 2.21. The van der Waals surface area contributed by atoms with Gasteiger partial charge in [0.1, 0.15) is 11.4 Å². The number of H-pyrrole nitrogens is 1. The standard InChI is InChI=1S/C18H15ClN4O3/c1-26-14-7-5-11(6-8-14)15-10-16(21-20-15)18(25)23-22-17(24)12-3-2-4-13(19)9-12/h2-10H,1H3,(H,20,21)(H,22,24)(H,23,25). The molecule has 1 aromatic heterocycles. The third-order valence-corrected chi connectivity index (χ3v) is 3.82. The minimum atomic E-state index is -0.521. The minimum Gasteiger partial charge on any atom is -0.497 e. The van der Waals surface area contributed by atoms with E-state index in [1.165, 1.54) is 6.07 Å². The maximum atomic E-state index is 12.1. The number of aromatic amines is 1. The molecule has 132 valence electrons. The van der Waals surface area contributed by atoms with Crippen molar-refractivity contribution < 1.29 is 14.3 Å². The van der Waals surface area contributed by atoms with Crippen LogP contribution < -0.4 is 15.6 Å². The van der Waals surface area contributed by atoms with E-state index in [4.69, 9.17) is 16.3 Å². The van der Waals surface area contributed by atoms with E-state index in [2.05, 4.69) is 21.0 Å². The third-order valence-electron chi connectivity index (χ3n) is 3.58. The number of rotatable bonds is 4. The van der Waals surface area contributed by atoms with E-state index in [0.717, 1.165) is 11.3 Å². The van der Waals surface area contributed by atoms with Crippen LogP contribution in [-0.4, -0.2) is 29.1 Å². The fraction of sp³-hybridized carbons (Fsp3) is 0.0556. The normalized spacial score (nSPS) is 10.2. The number of hydrazine groups is 1. The lowest BCUT2D eigenvalue weighted by Gasteiger charge is -2.06. The summed E-state index contributed by atoms with van der Waals surface area (Å²) in [5, 5.41) is 7.17. The second-order valence-corrected chi connectivity index (χ2v) is 5.75. The first-order chi connectivity index (χ1) is 12.6. The first-order valence-corrected chi connectivity index (χ1v) is 8.00. The van der Waals surface area contributed by atoms with Gasteiger partial charge in [0, 0.05) is 16.1 Å². The molecule has 0 fully saturated rings. The van der Waals surface area contributed by atoms with Crippen molar-refractivity contribution >= 4 is 23.4 Å². The molecule has 0 bridgehead atoms. The van der Waals surface area contributed by atoms with Gasteiger partial charge in [-0.15, -0.1) is 0 Å². The Morgan fingerprint density at radius 2 is 1.77 bits per heavy atom. The Labute approximate surface area is 154 Å². The van der Waals surface area contributed by atoms with Crippen LogP contribution in [0.4, 0.5) is 0 Å². The molecule has 0 saturated carbocycles. The number of benzene rings is 2. The summed E-state index contributed by atoms with van der Waals surface area (Å²) in [5.74, 6) is -0.269. The highest BCUT2D eigenvalue weighted by Gasteiger charge is 2.13. The zero-order valence-electron chi connectivity index (χ0n) is 13.7. The molecule has 2 aromatic carbocycles. The van der Waals surface area contributed by atoms with E-state index in [1.54, 1.807) is 43.5 Å². The minimum absolute atomic E-state index is 0.210. The van der Waals surface area contributed by atoms with Gasteiger partial charge < -0.3 is 4.74 Å². The fourth-order valence-corrected chi connectivity index (χ4v) is 2.42. The fourth-order valence-electron chi connectivity index (χ4n) is 2.23. The summed E-state index contributed by atoms with van der Waals surface area (Å²) in [5.41, 5.74) is 6.62. The maximum absolute atomic E-state index is 12.1. The highest BCUT2D eigenvalue weighted by atomic mass is 35.5. The van der Waals surface area contributed by atoms with Crippen molar-refractivity contribution in [1.82, 2.24) is 21.0 Å². The number of ether oxygens (including phenoxy) is 1. The molecule has 0 unspecified atom stereocenters. The zero-order chi connectivity index (χ0) is 18.5.